The van der Waals surface area contributed by atoms with Gasteiger partial charge in [0.25, 0.3) is 5.91 Å². The van der Waals surface area contributed by atoms with Crippen LogP contribution in [0.3, 0.4) is 0 Å². The maximum Gasteiger partial charge on any atom is 0.272 e. The molecule has 2 aromatic carbocycles. The summed E-state index contributed by atoms with van der Waals surface area (Å²) in [6.07, 6.45) is 2.94. The van der Waals surface area contributed by atoms with Gasteiger partial charge in [-0.05, 0) is 48.5 Å². The number of carbonyl (C=O) groups is 1. The zero-order chi connectivity index (χ0) is 18.6. The van der Waals surface area contributed by atoms with Crippen molar-refractivity contribution in [2.24, 2.45) is 5.10 Å². The van der Waals surface area contributed by atoms with Crippen LogP contribution in [0.4, 0.5) is 4.39 Å². The third-order valence-electron chi connectivity index (χ3n) is 4.00. The molecule has 27 heavy (non-hydrogen) atoms. The lowest BCUT2D eigenvalue weighted by atomic mass is 10.0. The molecule has 4 rings (SSSR count). The SMILES string of the molecule is O=C(N/N=C/c1ccco1)c1cc(-c2ccc(F)cc2)nc2ccccc12. The van der Waals surface area contributed by atoms with Crippen LogP contribution in [0.15, 0.2) is 82.5 Å². The van der Waals surface area contributed by atoms with Crippen molar-refractivity contribution in [2.45, 2.75) is 0 Å². The van der Waals surface area contributed by atoms with Crippen molar-refractivity contribution in [2.75, 3.05) is 0 Å². The summed E-state index contributed by atoms with van der Waals surface area (Å²) in [5, 5.41) is 4.63. The van der Waals surface area contributed by atoms with E-state index in [1.807, 2.05) is 24.3 Å². The highest BCUT2D eigenvalue weighted by Crippen LogP contribution is 2.25. The first-order valence-corrected chi connectivity index (χ1v) is 8.23. The summed E-state index contributed by atoms with van der Waals surface area (Å²) in [6.45, 7) is 0. The minimum Gasteiger partial charge on any atom is -0.463 e. The van der Waals surface area contributed by atoms with Crippen molar-refractivity contribution >= 4 is 23.0 Å². The Hall–Kier alpha value is -3.80. The van der Waals surface area contributed by atoms with Crippen molar-refractivity contribution in [3.05, 3.63) is 90.1 Å². The van der Waals surface area contributed by atoms with Crippen LogP contribution in [0.5, 0.6) is 0 Å². The Labute approximate surface area is 154 Å². The van der Waals surface area contributed by atoms with E-state index in [0.717, 1.165) is 5.56 Å². The number of rotatable bonds is 4. The average Bonchev–Trinajstić information content (AvgIpc) is 3.21. The lowest BCUT2D eigenvalue weighted by Crippen LogP contribution is -2.18. The van der Waals surface area contributed by atoms with E-state index in [-0.39, 0.29) is 11.7 Å². The second-order valence-corrected chi connectivity index (χ2v) is 5.79. The molecule has 132 valence electrons. The molecular weight excluding hydrogens is 345 g/mol. The highest BCUT2D eigenvalue weighted by Gasteiger charge is 2.13. The predicted molar refractivity (Wildman–Crippen MR) is 101 cm³/mol. The van der Waals surface area contributed by atoms with Crippen LogP contribution in [-0.2, 0) is 0 Å². The molecule has 2 heterocycles. The third kappa shape index (κ3) is 3.59. The second-order valence-electron chi connectivity index (χ2n) is 5.79. The number of hydrogen-bond donors (Lipinski definition) is 1. The van der Waals surface area contributed by atoms with Gasteiger partial charge in [-0.1, -0.05) is 18.2 Å². The van der Waals surface area contributed by atoms with Gasteiger partial charge in [-0.15, -0.1) is 0 Å². The van der Waals surface area contributed by atoms with E-state index in [1.54, 1.807) is 30.3 Å². The Morgan fingerprint density at radius 3 is 2.67 bits per heavy atom. The van der Waals surface area contributed by atoms with Crippen LogP contribution < -0.4 is 5.43 Å². The Morgan fingerprint density at radius 2 is 1.89 bits per heavy atom. The van der Waals surface area contributed by atoms with Crippen LogP contribution in [-0.4, -0.2) is 17.1 Å². The summed E-state index contributed by atoms with van der Waals surface area (Å²) in [4.78, 5) is 17.3. The molecule has 2 aromatic heterocycles. The van der Waals surface area contributed by atoms with Gasteiger partial charge in [-0.25, -0.2) is 14.8 Å². The van der Waals surface area contributed by atoms with E-state index in [9.17, 15) is 9.18 Å². The number of carbonyl (C=O) groups excluding carboxylic acids is 1. The van der Waals surface area contributed by atoms with Crippen molar-refractivity contribution < 1.29 is 13.6 Å². The minimum absolute atomic E-state index is 0.329. The van der Waals surface area contributed by atoms with E-state index in [4.69, 9.17) is 4.42 Å². The van der Waals surface area contributed by atoms with Crippen LogP contribution in [0.25, 0.3) is 22.2 Å². The van der Waals surface area contributed by atoms with Gasteiger partial charge in [-0.2, -0.15) is 5.10 Å². The van der Waals surface area contributed by atoms with Crippen LogP contribution in [0, 0.1) is 5.82 Å². The molecule has 0 spiro atoms. The molecule has 5 nitrogen and oxygen atoms in total. The zero-order valence-corrected chi connectivity index (χ0v) is 14.1. The highest BCUT2D eigenvalue weighted by atomic mass is 19.1. The van der Waals surface area contributed by atoms with E-state index >= 15 is 0 Å². The molecule has 0 aliphatic rings. The van der Waals surface area contributed by atoms with Crippen LogP contribution in [0.2, 0.25) is 0 Å². The maximum absolute atomic E-state index is 13.2. The number of fused-ring (bicyclic) bond motifs is 1. The number of halogens is 1. The lowest BCUT2D eigenvalue weighted by Gasteiger charge is -2.09. The molecule has 6 heteroatoms. The fourth-order valence-electron chi connectivity index (χ4n) is 2.71. The number of hydrazone groups is 1. The molecule has 0 fully saturated rings. The smallest absolute Gasteiger partial charge is 0.272 e. The molecule has 0 saturated heterocycles. The molecular formula is C21H14FN3O2. The standard InChI is InChI=1S/C21H14FN3O2/c22-15-9-7-14(8-10-15)20-12-18(17-5-1-2-6-19(17)24-20)21(26)25-23-13-16-4-3-11-27-16/h1-13H,(H,25,26)/b23-13+. The number of benzene rings is 2. The number of para-hydroxylation sites is 1. The van der Waals surface area contributed by atoms with E-state index < -0.39 is 0 Å². The number of hydrogen-bond acceptors (Lipinski definition) is 4. The normalized spacial score (nSPS) is 11.1. The van der Waals surface area contributed by atoms with E-state index in [0.29, 0.717) is 27.9 Å². The monoisotopic (exact) mass is 359 g/mol. The number of nitrogens with zero attached hydrogens (tertiary/aromatic N) is 2. The Kier molecular flexibility index (Phi) is 4.45. The Balaban J connectivity index is 1.71. The van der Waals surface area contributed by atoms with E-state index in [2.05, 4.69) is 15.5 Å². The van der Waals surface area contributed by atoms with Gasteiger partial charge in [0, 0.05) is 10.9 Å². The molecule has 0 saturated carbocycles. The van der Waals surface area contributed by atoms with Gasteiger partial charge < -0.3 is 4.42 Å². The van der Waals surface area contributed by atoms with Gasteiger partial charge in [-0.3, -0.25) is 4.79 Å². The van der Waals surface area contributed by atoms with Crippen molar-refractivity contribution in [3.63, 3.8) is 0 Å². The number of aromatic nitrogens is 1. The van der Waals surface area contributed by atoms with Gasteiger partial charge in [0.05, 0.1) is 29.3 Å². The fraction of sp³-hybridized carbons (Fsp3) is 0. The van der Waals surface area contributed by atoms with Gasteiger partial charge in [0.15, 0.2) is 0 Å². The summed E-state index contributed by atoms with van der Waals surface area (Å²) >= 11 is 0. The molecule has 0 bridgehead atoms. The summed E-state index contributed by atoms with van der Waals surface area (Å²) in [6, 6.07) is 18.4. The molecule has 0 radical (unpaired) electrons. The quantitative estimate of drug-likeness (QED) is 0.434. The fourth-order valence-corrected chi connectivity index (χ4v) is 2.71. The Morgan fingerprint density at radius 1 is 1.07 bits per heavy atom. The molecule has 1 amide bonds. The van der Waals surface area contributed by atoms with E-state index in [1.165, 1.54) is 24.6 Å². The first kappa shape index (κ1) is 16.7. The van der Waals surface area contributed by atoms with Crippen LogP contribution >= 0.6 is 0 Å². The Bertz CT molecular complexity index is 1120. The number of nitrogens with one attached hydrogen (secondary N) is 1. The average molecular weight is 359 g/mol. The van der Waals surface area contributed by atoms with Gasteiger partial charge >= 0.3 is 0 Å². The number of amides is 1. The van der Waals surface area contributed by atoms with Crippen molar-refractivity contribution in [3.8, 4) is 11.3 Å². The topological polar surface area (TPSA) is 67.5 Å². The van der Waals surface area contributed by atoms with Crippen molar-refractivity contribution in [1.82, 2.24) is 10.4 Å². The van der Waals surface area contributed by atoms with Gasteiger partial charge in [0.2, 0.25) is 0 Å². The molecule has 4 aromatic rings. The molecule has 0 aliphatic carbocycles. The summed E-state index contributed by atoms with van der Waals surface area (Å²) in [5.74, 6) is -0.175. The highest BCUT2D eigenvalue weighted by molar-refractivity contribution is 6.07. The summed E-state index contributed by atoms with van der Waals surface area (Å²) in [7, 11) is 0. The number of furan rings is 1. The molecule has 0 atom stereocenters. The summed E-state index contributed by atoms with van der Waals surface area (Å²) < 4.78 is 18.3. The predicted octanol–water partition coefficient (Wildman–Crippen LogP) is 4.40. The molecule has 0 unspecified atom stereocenters. The first-order chi connectivity index (χ1) is 13.2. The molecule has 0 aliphatic heterocycles. The van der Waals surface area contributed by atoms with Crippen molar-refractivity contribution in [1.29, 1.82) is 0 Å². The first-order valence-electron chi connectivity index (χ1n) is 8.23. The maximum atomic E-state index is 13.2. The van der Waals surface area contributed by atoms with Crippen LogP contribution in [0.1, 0.15) is 16.1 Å². The third-order valence-corrected chi connectivity index (χ3v) is 4.00. The number of pyridine rings is 1. The summed E-state index contributed by atoms with van der Waals surface area (Å²) in [5.41, 5.74) is 4.89. The molecule has 1 N–H and O–H groups in total. The van der Waals surface area contributed by atoms with Gasteiger partial charge in [0.1, 0.15) is 11.6 Å². The largest absolute Gasteiger partial charge is 0.463 e. The zero-order valence-electron chi connectivity index (χ0n) is 14.1. The lowest BCUT2D eigenvalue weighted by molar-refractivity contribution is 0.0956. The minimum atomic E-state index is -0.375. The second kappa shape index (κ2) is 7.21.